The van der Waals surface area contributed by atoms with E-state index in [1.54, 1.807) is 20.4 Å². The number of nitrogens with one attached hydrogen (secondary N) is 1. The lowest BCUT2D eigenvalue weighted by atomic mass is 9.87. The van der Waals surface area contributed by atoms with E-state index < -0.39 is 0 Å². The van der Waals surface area contributed by atoms with Crippen LogP contribution in [0.4, 0.5) is 0 Å². The van der Waals surface area contributed by atoms with Crippen LogP contribution in [0.2, 0.25) is 0 Å². The Hall–Kier alpha value is -3.33. The van der Waals surface area contributed by atoms with Crippen molar-refractivity contribution in [2.45, 2.75) is 44.8 Å². The van der Waals surface area contributed by atoms with Crippen LogP contribution >= 0.6 is 11.8 Å². The maximum atomic E-state index is 12.3. The maximum Gasteiger partial charge on any atom is 0.250 e. The predicted octanol–water partition coefficient (Wildman–Crippen LogP) is 4.52. The third-order valence-corrected chi connectivity index (χ3v) is 6.15. The van der Waals surface area contributed by atoms with Gasteiger partial charge in [-0.15, -0.1) is 10.2 Å². The number of carbonyl (C=O) groups is 1. The molecular weight excluding hydrogens is 450 g/mol. The molecule has 1 aromatic heterocycles. The van der Waals surface area contributed by atoms with Gasteiger partial charge in [0.2, 0.25) is 0 Å². The molecule has 34 heavy (non-hydrogen) atoms. The molecule has 0 atom stereocenters. The number of nitrogens with zero attached hydrogens (tertiary/aromatic N) is 4. The average Bonchev–Trinajstić information content (AvgIpc) is 3.25. The lowest BCUT2D eigenvalue weighted by Crippen LogP contribution is -2.20. The lowest BCUT2D eigenvalue weighted by Gasteiger charge is -2.18. The third kappa shape index (κ3) is 6.17. The summed E-state index contributed by atoms with van der Waals surface area (Å²) >= 11 is 1.31. The summed E-state index contributed by atoms with van der Waals surface area (Å²) in [5.41, 5.74) is 5.69. The molecule has 3 rings (SSSR count). The molecule has 9 heteroatoms. The minimum atomic E-state index is -0.217. The van der Waals surface area contributed by atoms with Gasteiger partial charge in [-0.1, -0.05) is 56.8 Å². The minimum Gasteiger partial charge on any atom is -0.493 e. The molecule has 8 nitrogen and oxygen atoms in total. The van der Waals surface area contributed by atoms with Crippen LogP contribution in [-0.4, -0.2) is 46.9 Å². The Morgan fingerprint density at radius 3 is 2.41 bits per heavy atom. The number of hydrogen-bond acceptors (Lipinski definition) is 7. The molecule has 180 valence electrons. The zero-order valence-corrected chi connectivity index (χ0v) is 21.3. The van der Waals surface area contributed by atoms with Crippen molar-refractivity contribution >= 4 is 23.9 Å². The van der Waals surface area contributed by atoms with Crippen molar-refractivity contribution < 1.29 is 14.3 Å². The highest BCUT2D eigenvalue weighted by atomic mass is 32.2. The molecule has 1 heterocycles. The number of hydrogen-bond donors (Lipinski definition) is 1. The summed E-state index contributed by atoms with van der Waals surface area (Å²) in [6, 6.07) is 13.7. The van der Waals surface area contributed by atoms with Gasteiger partial charge in [0.15, 0.2) is 22.5 Å². The fourth-order valence-corrected chi connectivity index (χ4v) is 4.07. The number of rotatable bonds is 9. The van der Waals surface area contributed by atoms with Crippen LogP contribution in [0.3, 0.4) is 0 Å². The summed E-state index contributed by atoms with van der Waals surface area (Å²) in [6.45, 7) is 9.18. The largest absolute Gasteiger partial charge is 0.493 e. The van der Waals surface area contributed by atoms with Crippen molar-refractivity contribution in [2.75, 3.05) is 20.0 Å². The molecule has 3 aromatic rings. The van der Waals surface area contributed by atoms with Gasteiger partial charge >= 0.3 is 0 Å². The highest BCUT2D eigenvalue weighted by Crippen LogP contribution is 2.32. The normalized spacial score (nSPS) is 11.6. The summed E-state index contributed by atoms with van der Waals surface area (Å²) in [5, 5.41) is 13.3. The standard InChI is InChI=1S/C25H31N5O3S/c1-7-30-23(18-10-13-20(32-5)21(14-18)33-6)28-29-24(30)34-16-22(31)27-26-15-17-8-11-19(12-9-17)25(2,3)4/h8-15H,7,16H2,1-6H3,(H,27,31)/b26-15+. The molecule has 0 aliphatic heterocycles. The van der Waals surface area contributed by atoms with Gasteiger partial charge in [-0.3, -0.25) is 4.79 Å². The maximum absolute atomic E-state index is 12.3. The van der Waals surface area contributed by atoms with Crippen molar-refractivity contribution in [3.8, 4) is 22.9 Å². The van der Waals surface area contributed by atoms with E-state index in [2.05, 4.69) is 53.6 Å². The van der Waals surface area contributed by atoms with E-state index >= 15 is 0 Å². The lowest BCUT2D eigenvalue weighted by molar-refractivity contribution is -0.118. The smallest absolute Gasteiger partial charge is 0.250 e. The Balaban J connectivity index is 1.61. The topological polar surface area (TPSA) is 90.6 Å². The fourth-order valence-electron chi connectivity index (χ4n) is 3.28. The van der Waals surface area contributed by atoms with Gasteiger partial charge in [0, 0.05) is 12.1 Å². The molecule has 0 unspecified atom stereocenters. The Morgan fingerprint density at radius 2 is 1.79 bits per heavy atom. The summed E-state index contributed by atoms with van der Waals surface area (Å²) < 4.78 is 12.7. The van der Waals surface area contributed by atoms with Gasteiger partial charge in [-0.05, 0) is 41.7 Å². The molecule has 0 bridgehead atoms. The summed E-state index contributed by atoms with van der Waals surface area (Å²) in [4.78, 5) is 12.3. The van der Waals surface area contributed by atoms with Crippen molar-refractivity contribution in [1.29, 1.82) is 0 Å². The molecule has 0 fully saturated rings. The van der Waals surface area contributed by atoms with Crippen LogP contribution < -0.4 is 14.9 Å². The third-order valence-electron chi connectivity index (χ3n) is 5.19. The first kappa shape index (κ1) is 25.3. The van der Waals surface area contributed by atoms with E-state index in [-0.39, 0.29) is 17.1 Å². The monoisotopic (exact) mass is 481 g/mol. The zero-order chi connectivity index (χ0) is 24.7. The molecule has 0 aliphatic rings. The molecular formula is C25H31N5O3S. The predicted molar refractivity (Wildman–Crippen MR) is 136 cm³/mol. The highest BCUT2D eigenvalue weighted by molar-refractivity contribution is 7.99. The number of amides is 1. The van der Waals surface area contributed by atoms with E-state index in [4.69, 9.17) is 9.47 Å². The Labute approximate surface area is 204 Å². The van der Waals surface area contributed by atoms with Crippen LogP contribution in [0.25, 0.3) is 11.4 Å². The molecule has 0 saturated heterocycles. The second-order valence-electron chi connectivity index (χ2n) is 8.57. The van der Waals surface area contributed by atoms with Crippen LogP contribution in [-0.2, 0) is 16.8 Å². The van der Waals surface area contributed by atoms with Gasteiger partial charge in [0.05, 0.1) is 26.2 Å². The Kier molecular flexibility index (Phi) is 8.33. The summed E-state index contributed by atoms with van der Waals surface area (Å²) in [5.74, 6) is 1.91. The zero-order valence-electron chi connectivity index (χ0n) is 20.5. The van der Waals surface area contributed by atoms with Crippen LogP contribution in [0, 0.1) is 0 Å². The number of ether oxygens (including phenoxy) is 2. The van der Waals surface area contributed by atoms with E-state index in [0.717, 1.165) is 11.1 Å². The number of carbonyl (C=O) groups excluding carboxylic acids is 1. The molecule has 1 amide bonds. The van der Waals surface area contributed by atoms with E-state index in [1.165, 1.54) is 17.3 Å². The van der Waals surface area contributed by atoms with E-state index in [1.807, 2.05) is 41.8 Å². The first-order chi connectivity index (χ1) is 16.3. The van der Waals surface area contributed by atoms with Gasteiger partial charge in [-0.2, -0.15) is 5.10 Å². The Bertz CT molecular complexity index is 1150. The molecule has 2 aromatic carbocycles. The number of methoxy groups -OCH3 is 2. The second kappa shape index (κ2) is 11.2. The first-order valence-electron chi connectivity index (χ1n) is 11.0. The minimum absolute atomic E-state index is 0.0967. The number of hydrazone groups is 1. The van der Waals surface area contributed by atoms with Gasteiger partial charge in [0.25, 0.3) is 5.91 Å². The highest BCUT2D eigenvalue weighted by Gasteiger charge is 2.16. The van der Waals surface area contributed by atoms with E-state index in [9.17, 15) is 4.79 Å². The van der Waals surface area contributed by atoms with Crippen molar-refractivity contribution in [3.05, 3.63) is 53.6 Å². The average molecular weight is 482 g/mol. The summed E-state index contributed by atoms with van der Waals surface area (Å²) in [7, 11) is 3.19. The SMILES string of the molecule is CCn1c(SCC(=O)N/N=C/c2ccc(C(C)(C)C)cc2)nnc1-c1ccc(OC)c(OC)c1. The molecule has 0 spiro atoms. The first-order valence-corrected chi connectivity index (χ1v) is 12.0. The van der Waals surface area contributed by atoms with Crippen LogP contribution in [0.5, 0.6) is 11.5 Å². The van der Waals surface area contributed by atoms with Crippen molar-refractivity contribution in [1.82, 2.24) is 20.2 Å². The number of benzene rings is 2. The van der Waals surface area contributed by atoms with Gasteiger partial charge in [0.1, 0.15) is 0 Å². The number of thioether (sulfide) groups is 1. The van der Waals surface area contributed by atoms with Crippen molar-refractivity contribution in [3.63, 3.8) is 0 Å². The fraction of sp³-hybridized carbons (Fsp3) is 0.360. The molecule has 1 N–H and O–H groups in total. The second-order valence-corrected chi connectivity index (χ2v) is 9.52. The van der Waals surface area contributed by atoms with Crippen LogP contribution in [0.1, 0.15) is 38.8 Å². The molecule has 0 radical (unpaired) electrons. The summed E-state index contributed by atoms with van der Waals surface area (Å²) in [6.07, 6.45) is 1.64. The van der Waals surface area contributed by atoms with E-state index in [0.29, 0.717) is 29.0 Å². The Morgan fingerprint density at radius 1 is 1.09 bits per heavy atom. The van der Waals surface area contributed by atoms with Gasteiger partial charge < -0.3 is 14.0 Å². The number of aromatic nitrogens is 3. The van der Waals surface area contributed by atoms with Crippen molar-refractivity contribution in [2.24, 2.45) is 5.10 Å². The van der Waals surface area contributed by atoms with Gasteiger partial charge in [-0.25, -0.2) is 5.43 Å². The quantitative estimate of drug-likeness (QED) is 0.274. The molecule has 0 aliphatic carbocycles. The van der Waals surface area contributed by atoms with Crippen LogP contribution in [0.15, 0.2) is 52.7 Å². The molecule has 0 saturated carbocycles.